The van der Waals surface area contributed by atoms with Gasteiger partial charge in [0.05, 0.1) is 5.02 Å². The predicted molar refractivity (Wildman–Crippen MR) is 84.7 cm³/mol. The standard InChI is InChI=1S/C15H13BrClNO2/c1-8-5-11(16)6-9(2)14(8)18-15(20)10-3-4-13(19)12(17)7-10/h3-7,19H,1-2H3,(H,18,20). The highest BCUT2D eigenvalue weighted by Gasteiger charge is 2.12. The van der Waals surface area contributed by atoms with E-state index in [0.29, 0.717) is 5.56 Å². The maximum atomic E-state index is 12.2. The van der Waals surface area contributed by atoms with Gasteiger partial charge in [-0.15, -0.1) is 0 Å². The van der Waals surface area contributed by atoms with Gasteiger partial charge < -0.3 is 10.4 Å². The SMILES string of the molecule is Cc1cc(Br)cc(C)c1NC(=O)c1ccc(O)c(Cl)c1. The number of carbonyl (C=O) groups is 1. The normalized spacial score (nSPS) is 10.4. The van der Waals surface area contributed by atoms with Crippen LogP contribution in [0, 0.1) is 13.8 Å². The van der Waals surface area contributed by atoms with Crippen LogP contribution in [0.1, 0.15) is 21.5 Å². The second kappa shape index (κ2) is 5.85. The Labute approximate surface area is 130 Å². The Hall–Kier alpha value is -1.52. The minimum absolute atomic E-state index is 0.0424. The van der Waals surface area contributed by atoms with E-state index in [4.69, 9.17) is 11.6 Å². The molecule has 2 aromatic carbocycles. The number of aromatic hydroxyl groups is 1. The summed E-state index contributed by atoms with van der Waals surface area (Å²) in [4.78, 5) is 12.2. The molecule has 0 bridgehead atoms. The molecule has 0 spiro atoms. The molecule has 2 aromatic rings. The topological polar surface area (TPSA) is 49.3 Å². The van der Waals surface area contributed by atoms with E-state index < -0.39 is 0 Å². The minimum atomic E-state index is -0.263. The van der Waals surface area contributed by atoms with Crippen molar-refractivity contribution in [2.45, 2.75) is 13.8 Å². The Bertz CT molecular complexity index is 663. The van der Waals surface area contributed by atoms with Crippen molar-refractivity contribution in [2.75, 3.05) is 5.32 Å². The molecule has 0 atom stereocenters. The van der Waals surface area contributed by atoms with E-state index in [0.717, 1.165) is 21.3 Å². The predicted octanol–water partition coefficient (Wildman–Crippen LogP) is 4.68. The van der Waals surface area contributed by atoms with Gasteiger partial charge in [-0.05, 0) is 55.3 Å². The van der Waals surface area contributed by atoms with Gasteiger partial charge in [0.25, 0.3) is 5.91 Å². The van der Waals surface area contributed by atoms with Gasteiger partial charge in [0, 0.05) is 15.7 Å². The first-order chi connectivity index (χ1) is 9.38. The van der Waals surface area contributed by atoms with Crippen LogP contribution in [0.25, 0.3) is 0 Å². The number of rotatable bonds is 2. The number of carbonyl (C=O) groups excluding carboxylic acids is 1. The van der Waals surface area contributed by atoms with Crippen molar-refractivity contribution >= 4 is 39.1 Å². The zero-order valence-corrected chi connectivity index (χ0v) is 13.3. The number of nitrogens with one attached hydrogen (secondary N) is 1. The van der Waals surface area contributed by atoms with Crippen LogP contribution < -0.4 is 5.32 Å². The van der Waals surface area contributed by atoms with Crippen LogP contribution in [-0.4, -0.2) is 11.0 Å². The number of hydrogen-bond donors (Lipinski definition) is 2. The van der Waals surface area contributed by atoms with Crippen LogP contribution in [0.2, 0.25) is 5.02 Å². The van der Waals surface area contributed by atoms with Crippen LogP contribution in [-0.2, 0) is 0 Å². The lowest BCUT2D eigenvalue weighted by molar-refractivity contribution is 0.102. The summed E-state index contributed by atoms with van der Waals surface area (Å²) in [7, 11) is 0. The summed E-state index contributed by atoms with van der Waals surface area (Å²) < 4.78 is 0.971. The average molecular weight is 355 g/mol. The van der Waals surface area contributed by atoms with Crippen LogP contribution in [0.3, 0.4) is 0 Å². The molecule has 0 unspecified atom stereocenters. The second-order valence-electron chi connectivity index (χ2n) is 4.53. The van der Waals surface area contributed by atoms with Crippen molar-refractivity contribution in [1.29, 1.82) is 0 Å². The largest absolute Gasteiger partial charge is 0.506 e. The quantitative estimate of drug-likeness (QED) is 0.823. The van der Waals surface area contributed by atoms with Gasteiger partial charge in [0.2, 0.25) is 0 Å². The van der Waals surface area contributed by atoms with Gasteiger partial charge in [-0.2, -0.15) is 0 Å². The number of amides is 1. The highest BCUT2D eigenvalue weighted by molar-refractivity contribution is 9.10. The molecule has 104 valence electrons. The van der Waals surface area contributed by atoms with Crippen LogP contribution in [0.4, 0.5) is 5.69 Å². The first-order valence-corrected chi connectivity index (χ1v) is 7.12. The third-order valence-corrected chi connectivity index (χ3v) is 3.71. The average Bonchev–Trinajstić information content (AvgIpc) is 2.36. The van der Waals surface area contributed by atoms with E-state index in [9.17, 15) is 9.90 Å². The van der Waals surface area contributed by atoms with Crippen LogP contribution >= 0.6 is 27.5 Å². The van der Waals surface area contributed by atoms with Crippen LogP contribution in [0.5, 0.6) is 5.75 Å². The number of phenols is 1. The molecule has 0 saturated carbocycles. The molecular weight excluding hydrogens is 342 g/mol. The fourth-order valence-electron chi connectivity index (χ4n) is 1.94. The molecule has 0 heterocycles. The van der Waals surface area contributed by atoms with Gasteiger partial charge >= 0.3 is 0 Å². The van der Waals surface area contributed by atoms with Gasteiger partial charge in [0.15, 0.2) is 0 Å². The number of hydrogen-bond acceptors (Lipinski definition) is 2. The lowest BCUT2D eigenvalue weighted by Crippen LogP contribution is -2.13. The van der Waals surface area contributed by atoms with E-state index in [-0.39, 0.29) is 16.7 Å². The van der Waals surface area contributed by atoms with Crippen molar-refractivity contribution in [1.82, 2.24) is 0 Å². The molecule has 1 amide bonds. The number of phenolic OH excluding ortho intramolecular Hbond substituents is 1. The molecule has 2 N–H and O–H groups in total. The van der Waals surface area contributed by atoms with E-state index >= 15 is 0 Å². The Morgan fingerprint density at radius 2 is 1.80 bits per heavy atom. The Morgan fingerprint density at radius 1 is 1.20 bits per heavy atom. The van der Waals surface area contributed by atoms with Gasteiger partial charge in [-0.3, -0.25) is 4.79 Å². The Morgan fingerprint density at radius 3 is 2.35 bits per heavy atom. The maximum absolute atomic E-state index is 12.2. The van der Waals surface area contributed by atoms with Gasteiger partial charge in [-0.25, -0.2) is 0 Å². The summed E-state index contributed by atoms with van der Waals surface area (Å²) in [5.74, 6) is -0.306. The zero-order valence-electron chi connectivity index (χ0n) is 11.0. The van der Waals surface area contributed by atoms with E-state index in [1.165, 1.54) is 18.2 Å². The summed E-state index contributed by atoms with van der Waals surface area (Å²) >= 11 is 9.23. The Kier molecular flexibility index (Phi) is 4.35. The van der Waals surface area contributed by atoms with E-state index in [2.05, 4.69) is 21.2 Å². The Balaban J connectivity index is 2.30. The highest BCUT2D eigenvalue weighted by Crippen LogP contribution is 2.27. The fraction of sp³-hybridized carbons (Fsp3) is 0.133. The first-order valence-electron chi connectivity index (χ1n) is 5.95. The molecule has 0 aliphatic heterocycles. The number of aryl methyl sites for hydroxylation is 2. The molecule has 0 aromatic heterocycles. The molecule has 0 aliphatic carbocycles. The van der Waals surface area contributed by atoms with Crippen LogP contribution in [0.15, 0.2) is 34.8 Å². The number of halogens is 2. The summed E-state index contributed by atoms with van der Waals surface area (Å²) in [5, 5.41) is 12.4. The van der Waals surface area contributed by atoms with Crippen molar-refractivity contribution < 1.29 is 9.90 Å². The minimum Gasteiger partial charge on any atom is -0.506 e. The van der Waals surface area contributed by atoms with Crippen molar-refractivity contribution in [2.24, 2.45) is 0 Å². The molecule has 5 heteroatoms. The first kappa shape index (κ1) is 14.9. The third kappa shape index (κ3) is 3.14. The summed E-state index contributed by atoms with van der Waals surface area (Å²) in [6.07, 6.45) is 0. The number of anilines is 1. The molecule has 3 nitrogen and oxygen atoms in total. The zero-order chi connectivity index (χ0) is 14.9. The molecular formula is C15H13BrClNO2. The van der Waals surface area contributed by atoms with E-state index in [1.807, 2.05) is 26.0 Å². The smallest absolute Gasteiger partial charge is 0.255 e. The molecule has 0 fully saturated rings. The molecule has 0 aliphatic rings. The maximum Gasteiger partial charge on any atom is 0.255 e. The highest BCUT2D eigenvalue weighted by atomic mass is 79.9. The lowest BCUT2D eigenvalue weighted by Gasteiger charge is -2.12. The van der Waals surface area contributed by atoms with Crippen molar-refractivity contribution in [3.8, 4) is 5.75 Å². The molecule has 0 radical (unpaired) electrons. The summed E-state index contributed by atoms with van der Waals surface area (Å²) in [6.45, 7) is 3.86. The molecule has 0 saturated heterocycles. The van der Waals surface area contributed by atoms with Gasteiger partial charge in [-0.1, -0.05) is 27.5 Å². The monoisotopic (exact) mass is 353 g/mol. The van der Waals surface area contributed by atoms with Crippen molar-refractivity contribution in [3.05, 3.63) is 56.5 Å². The van der Waals surface area contributed by atoms with Gasteiger partial charge in [0.1, 0.15) is 5.75 Å². The third-order valence-electron chi connectivity index (χ3n) is 2.95. The fourth-order valence-corrected chi connectivity index (χ4v) is 2.81. The number of benzene rings is 2. The molecule has 2 rings (SSSR count). The van der Waals surface area contributed by atoms with Crippen molar-refractivity contribution in [3.63, 3.8) is 0 Å². The second-order valence-corrected chi connectivity index (χ2v) is 5.86. The lowest BCUT2D eigenvalue weighted by atomic mass is 10.1. The summed E-state index contributed by atoms with van der Waals surface area (Å²) in [6, 6.07) is 8.24. The van der Waals surface area contributed by atoms with E-state index in [1.54, 1.807) is 0 Å². The molecule has 20 heavy (non-hydrogen) atoms. The summed E-state index contributed by atoms with van der Waals surface area (Å²) in [5.41, 5.74) is 3.11.